The number of imidazole rings is 1. The molecular weight excluding hydrogens is 326 g/mol. The Bertz CT molecular complexity index is 967. The fourth-order valence-electron chi connectivity index (χ4n) is 2.62. The summed E-state index contributed by atoms with van der Waals surface area (Å²) in [5.74, 6) is 2.25. The van der Waals surface area contributed by atoms with E-state index in [1.54, 1.807) is 20.4 Å². The molecule has 0 aliphatic heterocycles. The van der Waals surface area contributed by atoms with Gasteiger partial charge in [-0.3, -0.25) is 4.40 Å². The molecule has 0 bridgehead atoms. The van der Waals surface area contributed by atoms with E-state index >= 15 is 0 Å². The maximum absolute atomic E-state index is 5.31. The van der Waals surface area contributed by atoms with Gasteiger partial charge in [0.05, 0.1) is 25.6 Å². The van der Waals surface area contributed by atoms with Crippen molar-refractivity contribution in [2.24, 2.45) is 0 Å². The zero-order chi connectivity index (χ0) is 18.4. The van der Waals surface area contributed by atoms with Gasteiger partial charge >= 0.3 is 0 Å². The third kappa shape index (κ3) is 3.67. The third-order valence-corrected chi connectivity index (χ3v) is 3.89. The summed E-state index contributed by atoms with van der Waals surface area (Å²) in [6, 6.07) is 9.73. The summed E-state index contributed by atoms with van der Waals surface area (Å²) in [5, 5.41) is 0. The lowest BCUT2D eigenvalue weighted by Crippen LogP contribution is -1.89. The molecule has 0 spiro atoms. The van der Waals surface area contributed by atoms with Crippen LogP contribution in [0.25, 0.3) is 23.1 Å². The van der Waals surface area contributed by atoms with Crippen molar-refractivity contribution in [3.63, 3.8) is 0 Å². The first kappa shape index (κ1) is 17.5. The number of hydrogen-bond donors (Lipinski definition) is 0. The van der Waals surface area contributed by atoms with Crippen molar-refractivity contribution in [2.75, 3.05) is 14.2 Å². The van der Waals surface area contributed by atoms with E-state index in [-0.39, 0.29) is 0 Å². The first-order valence-corrected chi connectivity index (χ1v) is 8.29. The zero-order valence-corrected chi connectivity index (χ0v) is 15.1. The molecule has 0 fully saturated rings. The topological polar surface area (TPSA) is 48.7 Å². The fraction of sp³-hybridized carbons (Fsp3) is 0.143. The van der Waals surface area contributed by atoms with Crippen LogP contribution in [0.5, 0.6) is 5.75 Å². The van der Waals surface area contributed by atoms with E-state index in [4.69, 9.17) is 9.47 Å². The van der Waals surface area contributed by atoms with Crippen molar-refractivity contribution in [3.05, 3.63) is 78.5 Å². The molecule has 0 saturated carbocycles. The Balaban J connectivity index is 2.07. The molecule has 5 nitrogen and oxygen atoms in total. The van der Waals surface area contributed by atoms with Gasteiger partial charge in [0.15, 0.2) is 0 Å². The second-order valence-electron chi connectivity index (χ2n) is 5.50. The van der Waals surface area contributed by atoms with Crippen LogP contribution in [0.1, 0.15) is 12.6 Å². The summed E-state index contributed by atoms with van der Waals surface area (Å²) in [6.45, 7) is 1.95. The van der Waals surface area contributed by atoms with E-state index in [0.717, 1.165) is 28.5 Å². The summed E-state index contributed by atoms with van der Waals surface area (Å²) >= 11 is 0. The highest BCUT2D eigenvalue weighted by Crippen LogP contribution is 2.26. The van der Waals surface area contributed by atoms with E-state index in [2.05, 4.69) is 9.97 Å². The number of nitrogens with zero attached hydrogens (tertiary/aromatic N) is 3. The van der Waals surface area contributed by atoms with Gasteiger partial charge in [-0.05, 0) is 55.5 Å². The molecule has 0 unspecified atom stereocenters. The van der Waals surface area contributed by atoms with Gasteiger partial charge in [-0.2, -0.15) is 0 Å². The molecule has 3 aromatic rings. The van der Waals surface area contributed by atoms with Crippen LogP contribution >= 0.6 is 0 Å². The van der Waals surface area contributed by atoms with Gasteiger partial charge < -0.3 is 9.47 Å². The zero-order valence-electron chi connectivity index (χ0n) is 15.1. The minimum Gasteiger partial charge on any atom is -0.497 e. The SMILES string of the molecule is C\C=C/C(=C\C=C\c1c(-c2ccc(OC)cc2)nc2ncccn12)OC. The van der Waals surface area contributed by atoms with Crippen LogP contribution in [0.3, 0.4) is 0 Å². The van der Waals surface area contributed by atoms with Crippen molar-refractivity contribution in [1.29, 1.82) is 0 Å². The monoisotopic (exact) mass is 347 g/mol. The van der Waals surface area contributed by atoms with Crippen LogP contribution in [-0.4, -0.2) is 28.6 Å². The van der Waals surface area contributed by atoms with Crippen LogP contribution in [0.15, 0.2) is 72.8 Å². The van der Waals surface area contributed by atoms with Crippen molar-refractivity contribution < 1.29 is 9.47 Å². The predicted octanol–water partition coefficient (Wildman–Crippen LogP) is 4.52. The van der Waals surface area contributed by atoms with E-state index in [1.807, 2.05) is 78.2 Å². The highest BCUT2D eigenvalue weighted by Gasteiger charge is 2.12. The Morgan fingerprint density at radius 2 is 1.96 bits per heavy atom. The largest absolute Gasteiger partial charge is 0.497 e. The van der Waals surface area contributed by atoms with Crippen LogP contribution in [-0.2, 0) is 4.74 Å². The Hall–Kier alpha value is -3.34. The minimum atomic E-state index is 0.655. The van der Waals surface area contributed by atoms with Crippen molar-refractivity contribution in [3.8, 4) is 17.0 Å². The summed E-state index contributed by atoms with van der Waals surface area (Å²) in [7, 11) is 3.31. The maximum atomic E-state index is 5.31. The molecule has 2 aromatic heterocycles. The molecule has 0 aliphatic rings. The second kappa shape index (κ2) is 8.16. The summed E-state index contributed by atoms with van der Waals surface area (Å²) in [4.78, 5) is 9.04. The van der Waals surface area contributed by atoms with Crippen molar-refractivity contribution in [1.82, 2.24) is 14.4 Å². The van der Waals surface area contributed by atoms with Crippen LogP contribution in [0.2, 0.25) is 0 Å². The van der Waals surface area contributed by atoms with Gasteiger partial charge in [-0.15, -0.1) is 0 Å². The lowest BCUT2D eigenvalue weighted by molar-refractivity contribution is 0.307. The molecule has 0 aliphatic carbocycles. The predicted molar refractivity (Wildman–Crippen MR) is 104 cm³/mol. The van der Waals surface area contributed by atoms with Gasteiger partial charge in [-0.25, -0.2) is 9.97 Å². The standard InChI is InChI=1S/C21H21N3O2/c1-4-7-17(25-2)8-5-9-19-20(16-10-12-18(26-3)13-11-16)23-21-22-14-6-15-24(19)21/h4-15H,1-3H3/b7-4-,9-5+,17-8+. The normalized spacial score (nSPS) is 12.3. The second-order valence-corrected chi connectivity index (χ2v) is 5.50. The van der Waals surface area contributed by atoms with Crippen molar-refractivity contribution in [2.45, 2.75) is 6.92 Å². The van der Waals surface area contributed by atoms with Gasteiger partial charge in [0.2, 0.25) is 5.78 Å². The highest BCUT2D eigenvalue weighted by atomic mass is 16.5. The van der Waals surface area contributed by atoms with Crippen LogP contribution in [0, 0.1) is 0 Å². The van der Waals surface area contributed by atoms with E-state index in [9.17, 15) is 0 Å². The van der Waals surface area contributed by atoms with Crippen LogP contribution in [0.4, 0.5) is 0 Å². The van der Waals surface area contributed by atoms with Crippen molar-refractivity contribution >= 4 is 11.9 Å². The Morgan fingerprint density at radius 3 is 2.65 bits per heavy atom. The average molecular weight is 347 g/mol. The van der Waals surface area contributed by atoms with E-state index in [1.165, 1.54) is 0 Å². The summed E-state index contributed by atoms with van der Waals surface area (Å²) in [5.41, 5.74) is 2.81. The number of allylic oxidation sites excluding steroid dienone is 4. The quantitative estimate of drug-likeness (QED) is 0.486. The molecule has 3 rings (SSSR count). The van der Waals surface area contributed by atoms with Gasteiger partial charge in [0, 0.05) is 18.0 Å². The van der Waals surface area contributed by atoms with Gasteiger partial charge in [0.1, 0.15) is 11.5 Å². The molecule has 0 N–H and O–H groups in total. The number of aromatic nitrogens is 3. The number of benzene rings is 1. The molecule has 132 valence electrons. The number of ether oxygens (including phenoxy) is 2. The molecule has 1 aromatic carbocycles. The van der Waals surface area contributed by atoms with Gasteiger partial charge in [-0.1, -0.05) is 12.2 Å². The summed E-state index contributed by atoms with van der Waals surface area (Å²) < 4.78 is 12.5. The first-order valence-electron chi connectivity index (χ1n) is 8.29. The molecule has 0 saturated heterocycles. The Morgan fingerprint density at radius 1 is 1.15 bits per heavy atom. The Labute approximate surface area is 152 Å². The number of fused-ring (bicyclic) bond motifs is 1. The lowest BCUT2D eigenvalue weighted by atomic mass is 10.1. The molecule has 5 heteroatoms. The smallest absolute Gasteiger partial charge is 0.234 e. The molecule has 0 radical (unpaired) electrons. The van der Waals surface area contributed by atoms with E-state index < -0.39 is 0 Å². The minimum absolute atomic E-state index is 0.655. The maximum Gasteiger partial charge on any atom is 0.234 e. The average Bonchev–Trinajstić information content (AvgIpc) is 3.06. The van der Waals surface area contributed by atoms with Crippen LogP contribution < -0.4 is 4.74 Å². The molecule has 26 heavy (non-hydrogen) atoms. The van der Waals surface area contributed by atoms with E-state index in [0.29, 0.717) is 5.78 Å². The number of rotatable bonds is 6. The number of hydrogen-bond acceptors (Lipinski definition) is 4. The fourth-order valence-corrected chi connectivity index (χ4v) is 2.62. The number of methoxy groups -OCH3 is 2. The third-order valence-electron chi connectivity index (χ3n) is 3.89. The van der Waals surface area contributed by atoms with Gasteiger partial charge in [0.25, 0.3) is 0 Å². The molecule has 0 atom stereocenters. The Kier molecular flexibility index (Phi) is 5.49. The first-order chi connectivity index (χ1) is 12.8. The molecule has 2 heterocycles. The summed E-state index contributed by atoms with van der Waals surface area (Å²) in [6.07, 6.45) is 13.4. The highest BCUT2D eigenvalue weighted by molar-refractivity contribution is 5.74. The molecule has 0 amide bonds. The lowest BCUT2D eigenvalue weighted by Gasteiger charge is -2.03. The molecular formula is C21H21N3O2.